The summed E-state index contributed by atoms with van der Waals surface area (Å²) in [5.74, 6) is 1.10. The van der Waals surface area contributed by atoms with Gasteiger partial charge in [0.25, 0.3) is 0 Å². The number of nitrogens with zero attached hydrogens (tertiary/aromatic N) is 2. The third kappa shape index (κ3) is 3.71. The topological polar surface area (TPSA) is 17.8 Å². The zero-order chi connectivity index (χ0) is 15.6. The van der Waals surface area contributed by atoms with Gasteiger partial charge in [-0.15, -0.1) is 0 Å². The zero-order valence-corrected chi connectivity index (χ0v) is 16.8. The summed E-state index contributed by atoms with van der Waals surface area (Å²) >= 11 is 0. The van der Waals surface area contributed by atoms with Crippen molar-refractivity contribution in [3.63, 3.8) is 0 Å². The molecule has 0 N–H and O–H groups in total. The Morgan fingerprint density at radius 3 is 2.05 bits per heavy atom. The Balaban J connectivity index is 0.00000242. The van der Waals surface area contributed by atoms with E-state index in [2.05, 4.69) is 76.6 Å². The minimum atomic E-state index is 0. The third-order valence-electron chi connectivity index (χ3n) is 4.34. The first-order valence-corrected chi connectivity index (χ1v) is 8.14. The Morgan fingerprint density at radius 2 is 1.59 bits per heavy atom. The molecule has 0 saturated carbocycles. The van der Waals surface area contributed by atoms with Crippen LogP contribution in [0.1, 0.15) is 64.9 Å². The van der Waals surface area contributed by atoms with E-state index in [1.54, 1.807) is 0 Å². The molecular weight excluding hydrogens is 451 g/mol. The fraction of sp³-hybridized carbons (Fsp3) is 0.526. The third-order valence-corrected chi connectivity index (χ3v) is 4.34. The summed E-state index contributed by atoms with van der Waals surface area (Å²) in [6, 6.07) is 11.1. The second kappa shape index (κ2) is 8.11. The molecule has 0 aliphatic heterocycles. The van der Waals surface area contributed by atoms with Crippen LogP contribution in [0.5, 0.6) is 0 Å². The van der Waals surface area contributed by atoms with Crippen molar-refractivity contribution in [2.24, 2.45) is 5.92 Å². The van der Waals surface area contributed by atoms with E-state index in [0.717, 1.165) is 6.42 Å². The minimum absolute atomic E-state index is 0. The SMILES string of the molecule is CCc1nn(C(C)C)c(C(C)C(C)C)c1-c1ccccc1.[Pt]. The maximum Gasteiger partial charge on any atom is 0.0703 e. The Hall–Kier alpha value is -0.882. The molecule has 124 valence electrons. The van der Waals surface area contributed by atoms with Crippen LogP contribution >= 0.6 is 0 Å². The van der Waals surface area contributed by atoms with Crippen LogP contribution in [0.2, 0.25) is 0 Å². The largest absolute Gasteiger partial charge is 0.266 e. The van der Waals surface area contributed by atoms with E-state index in [-0.39, 0.29) is 21.1 Å². The minimum Gasteiger partial charge on any atom is -0.266 e. The smallest absolute Gasteiger partial charge is 0.0703 e. The summed E-state index contributed by atoms with van der Waals surface area (Å²) in [4.78, 5) is 0. The predicted molar refractivity (Wildman–Crippen MR) is 90.7 cm³/mol. The van der Waals surface area contributed by atoms with Crippen LogP contribution in [0, 0.1) is 5.92 Å². The summed E-state index contributed by atoms with van der Waals surface area (Å²) < 4.78 is 2.24. The number of hydrogen-bond donors (Lipinski definition) is 0. The van der Waals surface area contributed by atoms with Gasteiger partial charge in [-0.2, -0.15) is 5.10 Å². The Kier molecular flexibility index (Phi) is 7.06. The maximum absolute atomic E-state index is 4.92. The summed E-state index contributed by atoms with van der Waals surface area (Å²) in [6.45, 7) is 13.6. The molecular formula is C19H28N2Pt. The van der Waals surface area contributed by atoms with Crippen molar-refractivity contribution in [1.29, 1.82) is 0 Å². The molecule has 2 aromatic rings. The molecule has 22 heavy (non-hydrogen) atoms. The number of benzene rings is 1. The second-order valence-corrected chi connectivity index (χ2v) is 6.50. The summed E-state index contributed by atoms with van der Waals surface area (Å²) in [5.41, 5.74) is 5.26. The van der Waals surface area contributed by atoms with Crippen LogP contribution in [0.15, 0.2) is 30.3 Å². The molecule has 3 heteroatoms. The molecule has 2 rings (SSSR count). The molecule has 1 aromatic heterocycles. The van der Waals surface area contributed by atoms with Gasteiger partial charge in [-0.25, -0.2) is 0 Å². The van der Waals surface area contributed by atoms with E-state index in [9.17, 15) is 0 Å². The summed E-state index contributed by atoms with van der Waals surface area (Å²) in [7, 11) is 0. The summed E-state index contributed by atoms with van der Waals surface area (Å²) in [5, 5.41) is 4.92. The molecule has 1 heterocycles. The van der Waals surface area contributed by atoms with E-state index in [1.165, 1.54) is 22.5 Å². The van der Waals surface area contributed by atoms with E-state index >= 15 is 0 Å². The van der Waals surface area contributed by atoms with Crippen LogP contribution in [0.4, 0.5) is 0 Å². The predicted octanol–water partition coefficient (Wildman–Crippen LogP) is 5.45. The van der Waals surface area contributed by atoms with Crippen LogP contribution < -0.4 is 0 Å². The van der Waals surface area contributed by atoms with Gasteiger partial charge >= 0.3 is 0 Å². The van der Waals surface area contributed by atoms with Crippen LogP contribution in [0.25, 0.3) is 11.1 Å². The van der Waals surface area contributed by atoms with Gasteiger partial charge in [0.1, 0.15) is 0 Å². The second-order valence-electron chi connectivity index (χ2n) is 6.50. The van der Waals surface area contributed by atoms with Gasteiger partial charge in [-0.05, 0) is 31.7 Å². The number of aromatic nitrogens is 2. The molecule has 1 aromatic carbocycles. The Bertz CT molecular complexity index is 585. The fourth-order valence-corrected chi connectivity index (χ4v) is 2.81. The average molecular weight is 480 g/mol. The quantitative estimate of drug-likeness (QED) is 0.558. The van der Waals surface area contributed by atoms with Crippen LogP contribution in [-0.2, 0) is 27.5 Å². The van der Waals surface area contributed by atoms with Crippen molar-refractivity contribution in [3.05, 3.63) is 41.7 Å². The van der Waals surface area contributed by atoms with Crippen molar-refractivity contribution >= 4 is 0 Å². The van der Waals surface area contributed by atoms with Gasteiger partial charge in [-0.3, -0.25) is 4.68 Å². The normalized spacial score (nSPS) is 12.5. The summed E-state index contributed by atoms with van der Waals surface area (Å²) in [6.07, 6.45) is 0.974. The van der Waals surface area contributed by atoms with Gasteiger partial charge < -0.3 is 0 Å². The van der Waals surface area contributed by atoms with E-state index in [1.807, 2.05) is 0 Å². The molecule has 0 bridgehead atoms. The average Bonchev–Trinajstić information content (AvgIpc) is 2.86. The molecule has 0 fully saturated rings. The number of hydrogen-bond acceptors (Lipinski definition) is 1. The Morgan fingerprint density at radius 1 is 1.00 bits per heavy atom. The van der Waals surface area contributed by atoms with Crippen LogP contribution in [-0.4, -0.2) is 9.78 Å². The molecule has 0 aliphatic carbocycles. The molecule has 0 aliphatic rings. The molecule has 0 radical (unpaired) electrons. The van der Waals surface area contributed by atoms with Crippen molar-refractivity contribution in [2.75, 3.05) is 0 Å². The van der Waals surface area contributed by atoms with Crippen molar-refractivity contribution in [2.45, 2.75) is 59.9 Å². The monoisotopic (exact) mass is 479 g/mol. The van der Waals surface area contributed by atoms with E-state index in [4.69, 9.17) is 5.10 Å². The van der Waals surface area contributed by atoms with Gasteiger partial charge in [0.15, 0.2) is 0 Å². The molecule has 1 unspecified atom stereocenters. The fourth-order valence-electron chi connectivity index (χ4n) is 2.81. The van der Waals surface area contributed by atoms with Gasteiger partial charge in [0, 0.05) is 44.3 Å². The first kappa shape index (κ1) is 19.2. The van der Waals surface area contributed by atoms with Crippen molar-refractivity contribution < 1.29 is 21.1 Å². The van der Waals surface area contributed by atoms with Gasteiger partial charge in [0.05, 0.1) is 5.69 Å². The molecule has 0 spiro atoms. The molecule has 0 amide bonds. The maximum atomic E-state index is 4.92. The first-order chi connectivity index (χ1) is 9.97. The molecule has 0 saturated heterocycles. The number of rotatable bonds is 5. The molecule has 2 nitrogen and oxygen atoms in total. The molecule has 1 atom stereocenters. The first-order valence-electron chi connectivity index (χ1n) is 8.14. The van der Waals surface area contributed by atoms with Crippen LogP contribution in [0.3, 0.4) is 0 Å². The van der Waals surface area contributed by atoms with E-state index < -0.39 is 0 Å². The zero-order valence-electron chi connectivity index (χ0n) is 14.5. The van der Waals surface area contributed by atoms with Gasteiger partial charge in [-0.1, -0.05) is 58.0 Å². The Labute approximate surface area is 149 Å². The van der Waals surface area contributed by atoms with Crippen molar-refractivity contribution in [1.82, 2.24) is 9.78 Å². The van der Waals surface area contributed by atoms with Crippen molar-refractivity contribution in [3.8, 4) is 11.1 Å². The number of aryl methyl sites for hydroxylation is 1. The standard InChI is InChI=1S/C19H28N2.Pt/c1-7-17-18(16-11-9-8-10-12-16)19(15(6)13(2)3)21(20-17)14(4)5;/h8-15H,7H2,1-6H3;. The van der Waals surface area contributed by atoms with E-state index in [0.29, 0.717) is 17.9 Å². The van der Waals surface area contributed by atoms with Gasteiger partial charge in [0.2, 0.25) is 0 Å².